The maximum atomic E-state index is 12.8. The molecule has 2 saturated heterocycles. The van der Waals surface area contributed by atoms with Gasteiger partial charge in [-0.3, -0.25) is 14.7 Å². The van der Waals surface area contributed by atoms with E-state index in [2.05, 4.69) is 15.6 Å². The van der Waals surface area contributed by atoms with Crippen LogP contribution in [0.4, 0.5) is 10.6 Å². The molecule has 2 amide bonds. The van der Waals surface area contributed by atoms with Crippen molar-refractivity contribution < 1.29 is 33.6 Å². The van der Waals surface area contributed by atoms with E-state index in [0.717, 1.165) is 5.56 Å². The lowest BCUT2D eigenvalue weighted by molar-refractivity contribution is -0.159. The van der Waals surface area contributed by atoms with E-state index in [1.165, 1.54) is 16.8 Å². The van der Waals surface area contributed by atoms with Crippen molar-refractivity contribution in [1.29, 1.82) is 0 Å². The molecule has 2 aliphatic heterocycles. The van der Waals surface area contributed by atoms with Crippen LogP contribution in [0.15, 0.2) is 47.4 Å². The topological polar surface area (TPSA) is 150 Å². The van der Waals surface area contributed by atoms with Crippen molar-refractivity contribution in [2.75, 3.05) is 25.1 Å². The Morgan fingerprint density at radius 2 is 1.92 bits per heavy atom. The third-order valence-corrected chi connectivity index (χ3v) is 6.46. The molecule has 1 saturated carbocycles. The van der Waals surface area contributed by atoms with Gasteiger partial charge in [0.1, 0.15) is 24.1 Å². The number of carbonyl (C=O) groups is 2. The average Bonchev–Trinajstić information content (AvgIpc) is 3.38. The number of carboxylic acid groups (broad SMARTS) is 1. The van der Waals surface area contributed by atoms with Crippen molar-refractivity contribution in [3.8, 4) is 0 Å². The van der Waals surface area contributed by atoms with Gasteiger partial charge in [0.2, 0.25) is 0 Å². The first-order valence-corrected chi connectivity index (χ1v) is 11.9. The number of carbonyl (C=O) groups excluding carboxylic acids is 1. The van der Waals surface area contributed by atoms with E-state index in [-0.39, 0.29) is 24.3 Å². The normalized spacial score (nSPS) is 30.5. The molecule has 7 atom stereocenters. The molecule has 2 aromatic rings. The molecule has 192 valence electrons. The molecule has 3 aliphatic rings. The number of carboxylic acids is 1. The van der Waals surface area contributed by atoms with Gasteiger partial charge in [-0.15, -0.1) is 0 Å². The summed E-state index contributed by atoms with van der Waals surface area (Å²) < 4.78 is 25.6. The lowest BCUT2D eigenvalue weighted by Crippen LogP contribution is -2.35. The quantitative estimate of drug-likeness (QED) is 0.465. The number of hydrogen-bond donors (Lipinski definition) is 3. The van der Waals surface area contributed by atoms with E-state index in [0.29, 0.717) is 19.6 Å². The standard InChI is InChI=1S/C24H28N4O8/c1-2-25-23(31)26-17-8-9-28(24(32)27-17)20-19-18(35-22(36-19)13-6-4-3-5-7-13)16(34-20)12-33-11-14-10-15(14)21(29)30/h3-9,14-16,18-20,22H,2,10-12H2,1H3,(H,29,30)(H2,25,26,27,31,32)/t14?,15?,16-,18?,19?,20-,22+/m1/s1. The minimum atomic E-state index is -0.830. The number of urea groups is 1. The maximum absolute atomic E-state index is 12.8. The zero-order chi connectivity index (χ0) is 25.2. The van der Waals surface area contributed by atoms with Gasteiger partial charge in [-0.1, -0.05) is 30.3 Å². The van der Waals surface area contributed by atoms with Gasteiger partial charge in [0.05, 0.1) is 19.1 Å². The van der Waals surface area contributed by atoms with E-state index in [9.17, 15) is 14.4 Å². The molecule has 3 fully saturated rings. The molecule has 1 aromatic heterocycles. The van der Waals surface area contributed by atoms with E-state index in [4.69, 9.17) is 24.1 Å². The second kappa shape index (κ2) is 10.3. The zero-order valence-corrected chi connectivity index (χ0v) is 19.6. The van der Waals surface area contributed by atoms with E-state index >= 15 is 0 Å². The first kappa shape index (κ1) is 24.4. The SMILES string of the molecule is CCNC(=O)Nc1ccn([C@@H]2O[C@H](COCC3CC3C(=O)O)C3O[C@H](c4ccccc4)OC32)c(=O)n1. The number of hydrogen-bond acceptors (Lipinski definition) is 8. The molecule has 1 aromatic carbocycles. The van der Waals surface area contributed by atoms with Gasteiger partial charge in [0, 0.05) is 18.3 Å². The Morgan fingerprint density at radius 3 is 2.61 bits per heavy atom. The molecule has 3 N–H and O–H groups in total. The smallest absolute Gasteiger partial charge is 0.351 e. The summed E-state index contributed by atoms with van der Waals surface area (Å²) in [4.78, 5) is 39.6. The van der Waals surface area contributed by atoms with Crippen molar-refractivity contribution in [2.24, 2.45) is 11.8 Å². The lowest BCUT2D eigenvalue weighted by atomic mass is 10.1. The average molecular weight is 501 g/mol. The van der Waals surface area contributed by atoms with Gasteiger partial charge in [0.25, 0.3) is 0 Å². The van der Waals surface area contributed by atoms with E-state index < -0.39 is 48.5 Å². The first-order valence-electron chi connectivity index (χ1n) is 11.9. The monoisotopic (exact) mass is 500 g/mol. The zero-order valence-electron chi connectivity index (χ0n) is 19.6. The molecule has 36 heavy (non-hydrogen) atoms. The van der Waals surface area contributed by atoms with Gasteiger partial charge in [-0.05, 0) is 25.3 Å². The molecular formula is C24H28N4O8. The van der Waals surface area contributed by atoms with Crippen LogP contribution in [0, 0.1) is 11.8 Å². The van der Waals surface area contributed by atoms with Crippen molar-refractivity contribution in [1.82, 2.24) is 14.9 Å². The fraction of sp³-hybridized carbons (Fsp3) is 0.500. The summed E-state index contributed by atoms with van der Waals surface area (Å²) in [6, 6.07) is 10.5. The summed E-state index contributed by atoms with van der Waals surface area (Å²) in [5.74, 6) is -1.07. The van der Waals surface area contributed by atoms with Crippen LogP contribution in [0.25, 0.3) is 0 Å². The van der Waals surface area contributed by atoms with Crippen LogP contribution in [0.5, 0.6) is 0 Å². The summed E-state index contributed by atoms with van der Waals surface area (Å²) in [5.41, 5.74) is 0.211. The Balaban J connectivity index is 1.31. The number of benzene rings is 1. The Morgan fingerprint density at radius 1 is 1.14 bits per heavy atom. The highest BCUT2D eigenvalue weighted by molar-refractivity contribution is 5.87. The van der Waals surface area contributed by atoms with Crippen molar-refractivity contribution in [2.45, 2.75) is 44.2 Å². The highest BCUT2D eigenvalue weighted by Crippen LogP contribution is 2.44. The van der Waals surface area contributed by atoms with Gasteiger partial charge in [-0.25, -0.2) is 9.59 Å². The molecule has 0 bridgehead atoms. The number of amides is 2. The van der Waals surface area contributed by atoms with Crippen LogP contribution in [-0.2, 0) is 23.7 Å². The minimum Gasteiger partial charge on any atom is -0.481 e. The number of aliphatic carboxylic acids is 1. The minimum absolute atomic E-state index is 0.00918. The van der Waals surface area contributed by atoms with Gasteiger partial charge in [-0.2, -0.15) is 4.98 Å². The molecule has 1 aliphatic carbocycles. The summed E-state index contributed by atoms with van der Waals surface area (Å²) in [5, 5.41) is 14.2. The molecule has 3 heterocycles. The Hall–Kier alpha value is -3.32. The largest absolute Gasteiger partial charge is 0.481 e. The summed E-state index contributed by atoms with van der Waals surface area (Å²) in [6.45, 7) is 2.68. The van der Waals surface area contributed by atoms with Crippen LogP contribution >= 0.6 is 0 Å². The number of anilines is 1. The van der Waals surface area contributed by atoms with Gasteiger partial charge >= 0.3 is 17.7 Å². The maximum Gasteiger partial charge on any atom is 0.351 e. The molecule has 0 radical (unpaired) electrons. The number of aromatic nitrogens is 2. The molecule has 5 rings (SSSR count). The summed E-state index contributed by atoms with van der Waals surface area (Å²) in [7, 11) is 0. The molecule has 4 unspecified atom stereocenters. The van der Waals surface area contributed by atoms with E-state index in [1.807, 2.05) is 30.3 Å². The fourth-order valence-corrected chi connectivity index (χ4v) is 4.53. The van der Waals surface area contributed by atoms with Crippen molar-refractivity contribution >= 4 is 17.8 Å². The first-order chi connectivity index (χ1) is 17.4. The fourth-order valence-electron chi connectivity index (χ4n) is 4.53. The second-order valence-electron chi connectivity index (χ2n) is 8.97. The molecule has 0 spiro atoms. The number of fused-ring (bicyclic) bond motifs is 1. The predicted octanol–water partition coefficient (Wildman–Crippen LogP) is 1.50. The summed E-state index contributed by atoms with van der Waals surface area (Å²) >= 11 is 0. The Kier molecular flexibility index (Phi) is 7.01. The predicted molar refractivity (Wildman–Crippen MR) is 124 cm³/mol. The lowest BCUT2D eigenvalue weighted by Gasteiger charge is -2.21. The second-order valence-corrected chi connectivity index (χ2v) is 8.97. The van der Waals surface area contributed by atoms with Crippen LogP contribution in [-0.4, -0.2) is 64.7 Å². The molecule has 12 heteroatoms. The Labute approximate surface area is 206 Å². The van der Waals surface area contributed by atoms with Gasteiger partial charge in [0.15, 0.2) is 12.5 Å². The van der Waals surface area contributed by atoms with Crippen molar-refractivity contribution in [3.63, 3.8) is 0 Å². The number of ether oxygens (including phenoxy) is 4. The highest BCUT2D eigenvalue weighted by Gasteiger charge is 2.54. The number of nitrogens with zero attached hydrogens (tertiary/aromatic N) is 2. The van der Waals surface area contributed by atoms with Crippen molar-refractivity contribution in [3.05, 3.63) is 58.6 Å². The third kappa shape index (κ3) is 5.12. The highest BCUT2D eigenvalue weighted by atomic mass is 16.8. The number of rotatable bonds is 9. The third-order valence-electron chi connectivity index (χ3n) is 6.46. The Bertz CT molecular complexity index is 1160. The van der Waals surface area contributed by atoms with Crippen LogP contribution in [0.2, 0.25) is 0 Å². The summed E-state index contributed by atoms with van der Waals surface area (Å²) in [6.07, 6.45) is -1.06. The van der Waals surface area contributed by atoms with Crippen LogP contribution < -0.4 is 16.3 Å². The number of nitrogens with one attached hydrogen (secondary N) is 2. The van der Waals surface area contributed by atoms with Crippen LogP contribution in [0.1, 0.15) is 31.4 Å². The van der Waals surface area contributed by atoms with E-state index in [1.54, 1.807) is 6.92 Å². The molecular weight excluding hydrogens is 472 g/mol. The molecule has 12 nitrogen and oxygen atoms in total. The van der Waals surface area contributed by atoms with Crippen LogP contribution in [0.3, 0.4) is 0 Å². The van der Waals surface area contributed by atoms with Gasteiger partial charge < -0.3 is 29.4 Å².